The van der Waals surface area contributed by atoms with Crippen LogP contribution in [0.5, 0.6) is 23.0 Å². The lowest BCUT2D eigenvalue weighted by molar-refractivity contribution is -0.299. The molecule has 0 bridgehead atoms. The second kappa shape index (κ2) is 23.8. The fourth-order valence-electron chi connectivity index (χ4n) is 7.59. The van der Waals surface area contributed by atoms with Crippen molar-refractivity contribution in [2.45, 2.75) is 93.9 Å². The third kappa shape index (κ3) is 12.2. The summed E-state index contributed by atoms with van der Waals surface area (Å²) in [6.07, 6.45) is -5.58. The molecule has 1 saturated heterocycles. The van der Waals surface area contributed by atoms with Gasteiger partial charge >= 0.3 is 0 Å². The van der Waals surface area contributed by atoms with Gasteiger partial charge in [0, 0.05) is 14.7 Å². The minimum absolute atomic E-state index is 0.0171. The molecule has 1 heterocycles. The maximum absolute atomic E-state index is 10.1. The van der Waals surface area contributed by atoms with E-state index in [1.54, 1.807) is 58.8 Å². The van der Waals surface area contributed by atoms with Crippen molar-refractivity contribution >= 4 is 0 Å². The summed E-state index contributed by atoms with van der Waals surface area (Å²) in [6, 6.07) is 26.3. The minimum Gasteiger partial charge on any atom is -0.497 e. The first kappa shape index (κ1) is 47.0. The van der Waals surface area contributed by atoms with Gasteiger partial charge < -0.3 is 47.4 Å². The van der Waals surface area contributed by atoms with E-state index >= 15 is 0 Å². The minimum atomic E-state index is -1.34. The van der Waals surface area contributed by atoms with E-state index in [2.05, 4.69) is 36.7 Å². The Labute approximate surface area is 370 Å². The molecular weight excluding hydrogens is 827 g/mol. The number of hydrogen-bond acceptors (Lipinski definition) is 13. The summed E-state index contributed by atoms with van der Waals surface area (Å²) in [7, 11) is 6.32. The Morgan fingerprint density at radius 3 is 1.25 bits per heavy atom. The molecule has 0 N–H and O–H groups in total. The van der Waals surface area contributed by atoms with Crippen LogP contribution in [-0.4, -0.2) is 89.5 Å². The smallest absolute Gasteiger partial charge is 0.170 e. The average molecular weight is 878 g/mol. The molecule has 0 radical (unpaired) electrons. The van der Waals surface area contributed by atoms with E-state index in [-0.39, 0.29) is 32.8 Å². The number of ether oxygens (including phenoxy) is 10. The zero-order chi connectivity index (χ0) is 45.3. The molecule has 0 spiro atoms. The third-order valence-electron chi connectivity index (χ3n) is 11.0. The van der Waals surface area contributed by atoms with Crippen LogP contribution in [0.3, 0.4) is 0 Å². The standard InChI is InChI=1S/C45H51N9O10/c1-6-38-42(60-25-29-9-17-33(56-3)18-10-29)43(61-26-30-11-19-34(57-4)20-12-30)39(51-54-48)45(63-38)64-41-37(50-53-47)23-36(49-52-46)40(59-24-28-7-15-32(55-2)16-8-28)44(41)62-27-31-13-21-35(58-5)22-14-31/h6-22,36-45H,1,23-27H2,2-5H3/t36-,37+,38-,39-,40+,41-,42-,43-,44-,45-/m1/s1. The van der Waals surface area contributed by atoms with Gasteiger partial charge in [-0.25, -0.2) is 0 Å². The highest BCUT2D eigenvalue weighted by Gasteiger charge is 2.52. The van der Waals surface area contributed by atoms with E-state index in [1.165, 1.54) is 0 Å². The van der Waals surface area contributed by atoms with Crippen molar-refractivity contribution < 1.29 is 47.4 Å². The molecule has 4 aromatic rings. The largest absolute Gasteiger partial charge is 0.497 e. The first-order valence-corrected chi connectivity index (χ1v) is 20.4. The van der Waals surface area contributed by atoms with Crippen molar-refractivity contribution in [2.24, 2.45) is 15.3 Å². The number of hydrogen-bond donors (Lipinski definition) is 0. The third-order valence-corrected chi connectivity index (χ3v) is 11.0. The van der Waals surface area contributed by atoms with Gasteiger partial charge in [-0.05, 0) is 93.8 Å². The van der Waals surface area contributed by atoms with Gasteiger partial charge in [0.05, 0.1) is 79.2 Å². The van der Waals surface area contributed by atoms with Gasteiger partial charge in [-0.1, -0.05) is 69.9 Å². The topological polar surface area (TPSA) is 239 Å². The maximum atomic E-state index is 10.1. The van der Waals surface area contributed by atoms with Crippen LogP contribution >= 0.6 is 0 Å². The van der Waals surface area contributed by atoms with Crippen molar-refractivity contribution in [2.75, 3.05) is 28.4 Å². The van der Waals surface area contributed by atoms with Crippen LogP contribution in [0, 0.1) is 0 Å². The van der Waals surface area contributed by atoms with Crippen LogP contribution in [0.4, 0.5) is 0 Å². The van der Waals surface area contributed by atoms with Crippen LogP contribution in [0.25, 0.3) is 31.3 Å². The molecule has 2 fully saturated rings. The normalized spacial score (nSPS) is 25.1. The average Bonchev–Trinajstić information content (AvgIpc) is 3.34. The van der Waals surface area contributed by atoms with Crippen molar-refractivity contribution in [3.8, 4) is 23.0 Å². The maximum Gasteiger partial charge on any atom is 0.170 e. The van der Waals surface area contributed by atoms with Gasteiger partial charge in [-0.2, -0.15) is 0 Å². The van der Waals surface area contributed by atoms with E-state index in [1.807, 2.05) is 72.8 Å². The van der Waals surface area contributed by atoms with Gasteiger partial charge in [0.2, 0.25) is 0 Å². The fraction of sp³-hybridized carbons (Fsp3) is 0.422. The number of methoxy groups -OCH3 is 4. The van der Waals surface area contributed by atoms with E-state index in [0.29, 0.717) is 23.0 Å². The Balaban J connectivity index is 1.37. The van der Waals surface area contributed by atoms with Gasteiger partial charge in [0.25, 0.3) is 0 Å². The second-order valence-corrected chi connectivity index (χ2v) is 14.8. The fourth-order valence-corrected chi connectivity index (χ4v) is 7.59. The highest BCUT2D eigenvalue weighted by atomic mass is 16.7. The molecule has 64 heavy (non-hydrogen) atoms. The summed E-state index contributed by atoms with van der Waals surface area (Å²) in [5.41, 5.74) is 32.9. The molecule has 336 valence electrons. The zero-order valence-corrected chi connectivity index (χ0v) is 35.9. The molecule has 0 unspecified atom stereocenters. The summed E-state index contributed by atoms with van der Waals surface area (Å²) < 4.78 is 61.2. The predicted molar refractivity (Wildman–Crippen MR) is 233 cm³/mol. The Morgan fingerprint density at radius 1 is 0.516 bits per heavy atom. The SMILES string of the molecule is C=C[C@H]1O[C@H](O[C@H]2[C@H](OCc3ccc(OC)cc3)[C@@H](OCc3ccc(OC)cc3)[C@H](N=[N+]=[N-])C[C@@H]2N=[N+]=[N-])[C@H](N=[N+]=[N-])[C@@H](OCc2ccc(OC)cc2)[C@@H]1OCc1ccc(OC)cc1. The monoisotopic (exact) mass is 877 g/mol. The van der Waals surface area contributed by atoms with Crippen molar-refractivity contribution in [1.29, 1.82) is 0 Å². The van der Waals surface area contributed by atoms with Gasteiger partial charge in [-0.15, -0.1) is 6.58 Å². The summed E-state index contributed by atoms with van der Waals surface area (Å²) >= 11 is 0. The van der Waals surface area contributed by atoms with E-state index < -0.39 is 61.0 Å². The lowest BCUT2D eigenvalue weighted by atomic mass is 9.83. The van der Waals surface area contributed by atoms with Gasteiger partial charge in [0.15, 0.2) is 6.29 Å². The van der Waals surface area contributed by atoms with Crippen LogP contribution < -0.4 is 18.9 Å². The van der Waals surface area contributed by atoms with Crippen molar-refractivity contribution in [3.05, 3.63) is 163 Å². The number of rotatable bonds is 22. The summed E-state index contributed by atoms with van der Waals surface area (Å²) in [5.74, 6) is 2.67. The van der Waals surface area contributed by atoms with Crippen LogP contribution in [0.15, 0.2) is 125 Å². The van der Waals surface area contributed by atoms with Crippen LogP contribution in [0.1, 0.15) is 28.7 Å². The lowest BCUT2D eigenvalue weighted by Gasteiger charge is -2.48. The first-order chi connectivity index (χ1) is 31.3. The highest BCUT2D eigenvalue weighted by Crippen LogP contribution is 2.38. The molecule has 19 nitrogen and oxygen atoms in total. The quantitative estimate of drug-likeness (QED) is 0.0314. The summed E-state index contributed by atoms with van der Waals surface area (Å²) in [6.45, 7) is 4.40. The molecule has 4 aromatic carbocycles. The first-order valence-electron chi connectivity index (χ1n) is 20.4. The molecule has 19 heteroatoms. The second-order valence-electron chi connectivity index (χ2n) is 14.8. The number of benzene rings is 4. The van der Waals surface area contributed by atoms with E-state index in [0.717, 1.165) is 22.3 Å². The van der Waals surface area contributed by atoms with Gasteiger partial charge in [0.1, 0.15) is 53.5 Å². The predicted octanol–water partition coefficient (Wildman–Crippen LogP) is 9.10. The molecule has 10 atom stereocenters. The molecule has 6 rings (SSSR count). The molecule has 1 saturated carbocycles. The molecule has 0 aromatic heterocycles. The summed E-state index contributed by atoms with van der Waals surface area (Å²) in [4.78, 5) is 9.47. The molecular formula is C45H51N9O10. The zero-order valence-electron chi connectivity index (χ0n) is 35.9. The van der Waals surface area contributed by atoms with E-state index in [4.69, 9.17) is 47.4 Å². The molecule has 1 aliphatic carbocycles. The van der Waals surface area contributed by atoms with Crippen molar-refractivity contribution in [3.63, 3.8) is 0 Å². The summed E-state index contributed by atoms with van der Waals surface area (Å²) in [5, 5.41) is 12.4. The lowest BCUT2D eigenvalue weighted by Crippen LogP contribution is -2.63. The Hall–Kier alpha value is -6.49. The number of azide groups is 3. The number of nitrogens with zero attached hydrogens (tertiary/aromatic N) is 9. The molecule has 1 aliphatic heterocycles. The van der Waals surface area contributed by atoms with Crippen LogP contribution in [-0.2, 0) is 54.8 Å². The Bertz CT molecular complexity index is 2240. The Morgan fingerprint density at radius 2 is 0.875 bits per heavy atom. The molecule has 0 amide bonds. The van der Waals surface area contributed by atoms with Gasteiger partial charge in [-0.3, -0.25) is 0 Å². The molecule has 2 aliphatic rings. The van der Waals surface area contributed by atoms with Crippen molar-refractivity contribution in [1.82, 2.24) is 0 Å². The Kier molecular flexibility index (Phi) is 17.5. The van der Waals surface area contributed by atoms with E-state index in [9.17, 15) is 16.6 Å². The highest BCUT2D eigenvalue weighted by molar-refractivity contribution is 5.29. The van der Waals surface area contributed by atoms with Crippen LogP contribution in [0.2, 0.25) is 0 Å².